The van der Waals surface area contributed by atoms with Crippen molar-refractivity contribution in [2.75, 3.05) is 18.6 Å². The largest absolute Gasteiger partial charge is 0.456 e. The van der Waals surface area contributed by atoms with Gasteiger partial charge in [-0.1, -0.05) is 59.6 Å². The van der Waals surface area contributed by atoms with Crippen molar-refractivity contribution in [1.82, 2.24) is 5.32 Å². The van der Waals surface area contributed by atoms with Crippen LogP contribution in [0.5, 0.6) is 0 Å². The average molecular weight is 528 g/mol. The first-order valence-electron chi connectivity index (χ1n) is 11.0. The Hall–Kier alpha value is -2.80. The zero-order valence-corrected chi connectivity index (χ0v) is 21.3. The van der Waals surface area contributed by atoms with E-state index in [0.717, 1.165) is 17.5 Å². The lowest BCUT2D eigenvalue weighted by molar-refractivity contribution is -0.144. The fraction of sp³-hybridized carbons (Fsp3) is 0.222. The summed E-state index contributed by atoms with van der Waals surface area (Å²) < 4.78 is 5.33. The van der Waals surface area contributed by atoms with Crippen LogP contribution in [0.25, 0.3) is 11.1 Å². The van der Waals surface area contributed by atoms with E-state index in [9.17, 15) is 14.4 Å². The van der Waals surface area contributed by atoms with Gasteiger partial charge in [-0.2, -0.15) is 11.8 Å². The summed E-state index contributed by atoms with van der Waals surface area (Å²) in [6, 6.07) is 17.2. The van der Waals surface area contributed by atoms with Gasteiger partial charge in [0, 0.05) is 10.6 Å². The summed E-state index contributed by atoms with van der Waals surface area (Å²) in [7, 11) is 0. The third kappa shape index (κ3) is 5.89. The maximum atomic E-state index is 12.8. The second-order valence-corrected chi connectivity index (χ2v) is 10.00. The molecule has 0 saturated heterocycles. The highest BCUT2D eigenvalue weighted by atomic mass is 35.5. The Balaban J connectivity index is 1.41. The molecule has 4 rings (SSSR count). The number of halogens is 2. The Morgan fingerprint density at radius 2 is 1.77 bits per heavy atom. The van der Waals surface area contributed by atoms with E-state index in [0.29, 0.717) is 22.8 Å². The van der Waals surface area contributed by atoms with Crippen LogP contribution in [-0.4, -0.2) is 42.3 Å². The fourth-order valence-corrected chi connectivity index (χ4v) is 4.98. The number of benzene rings is 3. The molecule has 0 heterocycles. The van der Waals surface area contributed by atoms with E-state index >= 15 is 0 Å². The number of ether oxygens (including phenoxy) is 1. The van der Waals surface area contributed by atoms with Gasteiger partial charge in [0.15, 0.2) is 12.4 Å². The lowest BCUT2D eigenvalue weighted by atomic mass is 10.0. The van der Waals surface area contributed by atoms with Crippen molar-refractivity contribution in [2.45, 2.75) is 18.9 Å². The molecule has 0 radical (unpaired) electrons. The van der Waals surface area contributed by atoms with Crippen molar-refractivity contribution in [2.24, 2.45) is 0 Å². The maximum Gasteiger partial charge on any atom is 0.329 e. The van der Waals surface area contributed by atoms with E-state index in [-0.39, 0.29) is 16.4 Å². The zero-order valence-electron chi connectivity index (χ0n) is 19.0. The first kappa shape index (κ1) is 25.3. The molecule has 180 valence electrons. The van der Waals surface area contributed by atoms with Gasteiger partial charge in [0.2, 0.25) is 0 Å². The molecule has 1 atom stereocenters. The Morgan fingerprint density at radius 3 is 2.54 bits per heavy atom. The molecule has 1 amide bonds. The molecule has 35 heavy (non-hydrogen) atoms. The van der Waals surface area contributed by atoms with Crippen molar-refractivity contribution in [3.05, 3.63) is 93.0 Å². The van der Waals surface area contributed by atoms with Crippen LogP contribution in [0.3, 0.4) is 0 Å². The highest BCUT2D eigenvalue weighted by molar-refractivity contribution is 7.98. The summed E-state index contributed by atoms with van der Waals surface area (Å²) in [5.74, 6) is -0.871. The third-order valence-corrected chi connectivity index (χ3v) is 7.03. The second-order valence-electron chi connectivity index (χ2n) is 8.17. The van der Waals surface area contributed by atoms with Crippen LogP contribution < -0.4 is 5.32 Å². The minimum atomic E-state index is -0.915. The van der Waals surface area contributed by atoms with Crippen molar-refractivity contribution in [3.63, 3.8) is 0 Å². The molecule has 5 nitrogen and oxygen atoms in total. The number of carbonyl (C=O) groups is 3. The summed E-state index contributed by atoms with van der Waals surface area (Å²) in [5, 5.41) is 3.25. The van der Waals surface area contributed by atoms with Gasteiger partial charge in [0.25, 0.3) is 5.91 Å². The predicted molar refractivity (Wildman–Crippen MR) is 141 cm³/mol. The predicted octanol–water partition coefficient (Wildman–Crippen LogP) is 5.84. The monoisotopic (exact) mass is 527 g/mol. The molecule has 0 saturated carbocycles. The molecule has 8 heteroatoms. The lowest BCUT2D eigenvalue weighted by Gasteiger charge is -2.18. The van der Waals surface area contributed by atoms with E-state index in [2.05, 4.69) is 11.4 Å². The summed E-state index contributed by atoms with van der Waals surface area (Å²) in [6.45, 7) is -0.410. The van der Waals surface area contributed by atoms with E-state index < -0.39 is 24.5 Å². The number of thioether (sulfide) groups is 1. The molecule has 0 spiro atoms. The van der Waals surface area contributed by atoms with Crippen LogP contribution in [0.15, 0.2) is 60.7 Å². The van der Waals surface area contributed by atoms with Crippen LogP contribution >= 0.6 is 35.0 Å². The fourth-order valence-electron chi connectivity index (χ4n) is 4.01. The lowest BCUT2D eigenvalue weighted by Crippen LogP contribution is -2.42. The molecular weight excluding hydrogens is 505 g/mol. The Morgan fingerprint density at radius 1 is 1.00 bits per heavy atom. The van der Waals surface area contributed by atoms with E-state index in [1.807, 2.05) is 36.6 Å². The van der Waals surface area contributed by atoms with Crippen LogP contribution in [0.2, 0.25) is 10.0 Å². The van der Waals surface area contributed by atoms with Gasteiger partial charge in [0.05, 0.1) is 10.6 Å². The summed E-state index contributed by atoms with van der Waals surface area (Å²) >= 11 is 13.6. The molecule has 1 N–H and O–H groups in total. The maximum absolute atomic E-state index is 12.8. The van der Waals surface area contributed by atoms with Crippen molar-refractivity contribution in [3.8, 4) is 11.1 Å². The van der Waals surface area contributed by atoms with E-state index in [1.165, 1.54) is 35.0 Å². The highest BCUT2D eigenvalue weighted by Gasteiger charge is 2.25. The molecule has 0 unspecified atom stereocenters. The van der Waals surface area contributed by atoms with E-state index in [4.69, 9.17) is 27.9 Å². The second kappa shape index (κ2) is 11.3. The van der Waals surface area contributed by atoms with Gasteiger partial charge >= 0.3 is 5.97 Å². The van der Waals surface area contributed by atoms with Gasteiger partial charge in [-0.25, -0.2) is 4.79 Å². The van der Waals surface area contributed by atoms with Crippen LogP contribution in [0.4, 0.5) is 0 Å². The number of Topliss-reactive ketones (excluding diaryl/α,β-unsaturated/α-hetero) is 1. The molecule has 0 bridgehead atoms. The Bertz CT molecular complexity index is 1290. The number of fused-ring (bicyclic) bond motifs is 3. The molecule has 1 aliphatic carbocycles. The van der Waals surface area contributed by atoms with Crippen LogP contribution in [-0.2, 0) is 16.0 Å². The molecule has 0 aromatic heterocycles. The SMILES string of the molecule is CSCC[C@@H](NC(=O)c1ccc(Cl)cc1Cl)C(=O)OCC(=O)c1ccc2c(c1)-c1ccccc1C2. The molecule has 3 aromatic carbocycles. The van der Waals surface area contributed by atoms with Crippen molar-refractivity contribution in [1.29, 1.82) is 0 Å². The Labute approximate surface area is 218 Å². The van der Waals surface area contributed by atoms with Crippen molar-refractivity contribution >= 4 is 52.6 Å². The normalized spacial score (nSPS) is 12.4. The Kier molecular flexibility index (Phi) is 8.16. The highest BCUT2D eigenvalue weighted by Crippen LogP contribution is 2.36. The standard InChI is InChI=1S/C27H23Cl2NO4S/c1-35-11-10-24(30-26(32)21-9-8-19(28)14-23(21)29)27(33)34-15-25(31)18-7-6-17-12-16-4-2-3-5-20(16)22(17)13-18/h2-9,13-14,24H,10-12,15H2,1H3,(H,30,32)/t24-/m1/s1. The quantitative estimate of drug-likeness (QED) is 0.218. The number of carbonyl (C=O) groups excluding carboxylic acids is 3. The molecule has 0 fully saturated rings. The topological polar surface area (TPSA) is 72.5 Å². The smallest absolute Gasteiger partial charge is 0.329 e. The molecule has 3 aromatic rings. The third-order valence-electron chi connectivity index (χ3n) is 5.84. The first-order valence-corrected chi connectivity index (χ1v) is 13.2. The van der Waals surface area contributed by atoms with E-state index in [1.54, 1.807) is 12.1 Å². The van der Waals surface area contributed by atoms with Gasteiger partial charge < -0.3 is 10.1 Å². The van der Waals surface area contributed by atoms with Crippen molar-refractivity contribution < 1.29 is 19.1 Å². The number of nitrogens with one attached hydrogen (secondary N) is 1. The molecule has 1 aliphatic rings. The summed E-state index contributed by atoms with van der Waals surface area (Å²) in [4.78, 5) is 38.3. The van der Waals surface area contributed by atoms with Crippen LogP contribution in [0.1, 0.15) is 38.3 Å². The van der Waals surface area contributed by atoms with Gasteiger partial charge in [-0.05, 0) is 71.4 Å². The van der Waals surface area contributed by atoms with Gasteiger partial charge in [-0.3, -0.25) is 9.59 Å². The number of hydrogen-bond acceptors (Lipinski definition) is 5. The average Bonchev–Trinajstić information content (AvgIpc) is 3.22. The summed E-state index contributed by atoms with van der Waals surface area (Å²) in [6.07, 6.45) is 3.08. The number of ketones is 1. The minimum Gasteiger partial charge on any atom is -0.456 e. The number of amides is 1. The number of esters is 1. The molecular formula is C27H23Cl2NO4S. The number of rotatable bonds is 9. The molecule has 0 aliphatic heterocycles. The first-order chi connectivity index (χ1) is 16.9. The number of hydrogen-bond donors (Lipinski definition) is 1. The van der Waals surface area contributed by atoms with Crippen LogP contribution in [0, 0.1) is 0 Å². The zero-order chi connectivity index (χ0) is 24.9. The summed E-state index contributed by atoms with van der Waals surface area (Å²) in [5.41, 5.74) is 5.23. The van der Waals surface area contributed by atoms with Gasteiger partial charge in [-0.15, -0.1) is 0 Å². The minimum absolute atomic E-state index is 0.181. The van der Waals surface area contributed by atoms with Gasteiger partial charge in [0.1, 0.15) is 6.04 Å².